The fraction of sp³-hybridized carbons (Fsp3) is 0.0667. The van der Waals surface area contributed by atoms with Gasteiger partial charge >= 0.3 is 5.97 Å². The molecule has 2 aromatic rings. The van der Waals surface area contributed by atoms with Crippen LogP contribution >= 0.6 is 0 Å². The molecule has 0 saturated carbocycles. The number of carbonyl (C=O) groups excluding carboxylic acids is 1. The fourth-order valence-corrected chi connectivity index (χ4v) is 1.75. The molecule has 0 bridgehead atoms. The van der Waals surface area contributed by atoms with Gasteiger partial charge in [0, 0.05) is 0 Å². The molecule has 0 unspecified atom stereocenters. The largest absolute Gasteiger partial charge is 0.465 e. The number of methoxy groups -OCH3 is 1. The minimum atomic E-state index is -0.439. The van der Waals surface area contributed by atoms with Crippen molar-refractivity contribution in [3.8, 4) is 17.2 Å². The molecule has 0 aromatic heterocycles. The van der Waals surface area contributed by atoms with Crippen molar-refractivity contribution in [2.75, 3.05) is 7.11 Å². The molecule has 88 valence electrons. The maximum absolute atomic E-state index is 11.4. The molecule has 0 aliphatic carbocycles. The Kier molecular flexibility index (Phi) is 3.40. The first-order valence-electron chi connectivity index (χ1n) is 5.44. The van der Waals surface area contributed by atoms with Gasteiger partial charge in [-0.3, -0.25) is 0 Å². The van der Waals surface area contributed by atoms with Crippen LogP contribution in [0, 0.1) is 11.3 Å². The van der Waals surface area contributed by atoms with E-state index in [1.54, 1.807) is 18.2 Å². The van der Waals surface area contributed by atoms with Crippen LogP contribution in [0.1, 0.15) is 15.9 Å². The van der Waals surface area contributed by atoms with E-state index in [2.05, 4.69) is 10.8 Å². The van der Waals surface area contributed by atoms with E-state index in [1.165, 1.54) is 7.11 Å². The summed E-state index contributed by atoms with van der Waals surface area (Å²) in [6.07, 6.45) is 0. The van der Waals surface area contributed by atoms with Gasteiger partial charge in [-0.05, 0) is 23.3 Å². The molecule has 0 amide bonds. The van der Waals surface area contributed by atoms with Gasteiger partial charge in [-0.25, -0.2) is 4.79 Å². The smallest absolute Gasteiger partial charge is 0.337 e. The summed E-state index contributed by atoms with van der Waals surface area (Å²) in [5.74, 6) is -0.439. The normalized spacial score (nSPS) is 9.56. The molecule has 0 fully saturated rings. The Bertz CT molecular complexity index is 612. The summed E-state index contributed by atoms with van der Waals surface area (Å²) in [7, 11) is 1.32. The van der Waals surface area contributed by atoms with E-state index in [1.807, 2.05) is 30.3 Å². The van der Waals surface area contributed by atoms with E-state index in [0.29, 0.717) is 11.1 Å². The zero-order valence-corrected chi connectivity index (χ0v) is 9.88. The van der Waals surface area contributed by atoms with Gasteiger partial charge in [0.2, 0.25) is 0 Å². The number of nitriles is 1. The van der Waals surface area contributed by atoms with Crippen molar-refractivity contribution in [3.63, 3.8) is 0 Å². The van der Waals surface area contributed by atoms with Crippen molar-refractivity contribution in [1.82, 2.24) is 0 Å². The average molecular weight is 237 g/mol. The van der Waals surface area contributed by atoms with Crippen LogP contribution in [0.25, 0.3) is 11.1 Å². The third-order valence-electron chi connectivity index (χ3n) is 2.65. The average Bonchev–Trinajstić information content (AvgIpc) is 2.46. The number of hydrogen-bond acceptors (Lipinski definition) is 3. The SMILES string of the molecule is COC(=O)c1ccc(-c2ccccc2)c(C#N)c1. The Hall–Kier alpha value is -2.60. The lowest BCUT2D eigenvalue weighted by atomic mass is 9.98. The number of nitrogens with zero attached hydrogens (tertiary/aromatic N) is 1. The highest BCUT2D eigenvalue weighted by atomic mass is 16.5. The molecule has 0 N–H and O–H groups in total. The van der Waals surface area contributed by atoms with Crippen LogP contribution in [0.5, 0.6) is 0 Å². The third kappa shape index (κ3) is 2.23. The van der Waals surface area contributed by atoms with Gasteiger partial charge in [0.25, 0.3) is 0 Å². The van der Waals surface area contributed by atoms with Crippen molar-refractivity contribution in [3.05, 3.63) is 59.7 Å². The monoisotopic (exact) mass is 237 g/mol. The number of ether oxygens (including phenoxy) is 1. The van der Waals surface area contributed by atoms with Gasteiger partial charge < -0.3 is 4.74 Å². The van der Waals surface area contributed by atoms with Crippen LogP contribution in [0.2, 0.25) is 0 Å². The molecule has 0 radical (unpaired) electrons. The van der Waals surface area contributed by atoms with Crippen molar-refractivity contribution in [1.29, 1.82) is 5.26 Å². The molecular formula is C15H11NO2. The van der Waals surface area contributed by atoms with Crippen molar-refractivity contribution in [2.24, 2.45) is 0 Å². The van der Waals surface area contributed by atoms with Crippen molar-refractivity contribution in [2.45, 2.75) is 0 Å². The maximum atomic E-state index is 11.4. The Morgan fingerprint density at radius 2 is 1.89 bits per heavy atom. The second kappa shape index (κ2) is 5.15. The van der Waals surface area contributed by atoms with Crippen LogP contribution in [0.15, 0.2) is 48.5 Å². The Balaban J connectivity index is 2.52. The van der Waals surface area contributed by atoms with Gasteiger partial charge in [-0.2, -0.15) is 5.26 Å². The lowest BCUT2D eigenvalue weighted by Crippen LogP contribution is -2.01. The first-order valence-corrected chi connectivity index (χ1v) is 5.44. The van der Waals surface area contributed by atoms with Crippen molar-refractivity contribution < 1.29 is 9.53 Å². The number of hydrogen-bond donors (Lipinski definition) is 0. The number of benzene rings is 2. The highest BCUT2D eigenvalue weighted by molar-refractivity contribution is 5.91. The Morgan fingerprint density at radius 1 is 1.17 bits per heavy atom. The second-order valence-electron chi connectivity index (χ2n) is 3.73. The molecule has 18 heavy (non-hydrogen) atoms. The molecule has 0 saturated heterocycles. The number of esters is 1. The van der Waals surface area contributed by atoms with Crippen LogP contribution in [0.3, 0.4) is 0 Å². The predicted molar refractivity (Wildman–Crippen MR) is 67.9 cm³/mol. The summed E-state index contributed by atoms with van der Waals surface area (Å²) in [6, 6.07) is 16.7. The van der Waals surface area contributed by atoms with E-state index in [9.17, 15) is 4.79 Å². The van der Waals surface area contributed by atoms with Crippen LogP contribution in [0.4, 0.5) is 0 Å². The highest BCUT2D eigenvalue weighted by Gasteiger charge is 2.10. The topological polar surface area (TPSA) is 50.1 Å². The molecule has 2 aromatic carbocycles. The second-order valence-corrected chi connectivity index (χ2v) is 3.73. The molecule has 0 heterocycles. The van der Waals surface area contributed by atoms with Crippen LogP contribution in [-0.2, 0) is 4.74 Å². The van der Waals surface area contributed by atoms with Crippen LogP contribution < -0.4 is 0 Å². The summed E-state index contributed by atoms with van der Waals surface area (Å²) in [6.45, 7) is 0. The summed E-state index contributed by atoms with van der Waals surface area (Å²) in [5, 5.41) is 9.16. The number of rotatable bonds is 2. The summed E-state index contributed by atoms with van der Waals surface area (Å²) < 4.78 is 4.63. The van der Waals surface area contributed by atoms with Gasteiger partial charge in [0.15, 0.2) is 0 Å². The van der Waals surface area contributed by atoms with E-state index in [0.717, 1.165) is 11.1 Å². The molecule has 2 rings (SSSR count). The minimum absolute atomic E-state index is 0.383. The quantitative estimate of drug-likeness (QED) is 0.754. The minimum Gasteiger partial charge on any atom is -0.465 e. The molecular weight excluding hydrogens is 226 g/mol. The lowest BCUT2D eigenvalue weighted by Gasteiger charge is -2.06. The lowest BCUT2D eigenvalue weighted by molar-refractivity contribution is 0.0600. The van der Waals surface area contributed by atoms with Crippen LogP contribution in [-0.4, -0.2) is 13.1 Å². The van der Waals surface area contributed by atoms with E-state index in [4.69, 9.17) is 5.26 Å². The third-order valence-corrected chi connectivity index (χ3v) is 2.65. The highest BCUT2D eigenvalue weighted by Crippen LogP contribution is 2.24. The zero-order valence-electron chi connectivity index (χ0n) is 9.88. The van der Waals surface area contributed by atoms with Gasteiger partial charge in [0.05, 0.1) is 24.3 Å². The van der Waals surface area contributed by atoms with Gasteiger partial charge in [-0.1, -0.05) is 36.4 Å². The zero-order chi connectivity index (χ0) is 13.0. The van der Waals surface area contributed by atoms with E-state index < -0.39 is 5.97 Å². The van der Waals surface area contributed by atoms with Gasteiger partial charge in [0.1, 0.15) is 0 Å². The molecule has 0 atom stereocenters. The standard InChI is InChI=1S/C15H11NO2/c1-18-15(17)12-7-8-14(13(9-12)10-16)11-5-3-2-4-6-11/h2-9H,1H3. The Labute approximate surface area is 105 Å². The van der Waals surface area contributed by atoms with E-state index >= 15 is 0 Å². The maximum Gasteiger partial charge on any atom is 0.337 e. The molecule has 3 nitrogen and oxygen atoms in total. The molecule has 0 aliphatic rings. The first-order chi connectivity index (χ1) is 8.76. The molecule has 3 heteroatoms. The Morgan fingerprint density at radius 3 is 2.50 bits per heavy atom. The van der Waals surface area contributed by atoms with Gasteiger partial charge in [-0.15, -0.1) is 0 Å². The summed E-state index contributed by atoms with van der Waals surface area (Å²) >= 11 is 0. The predicted octanol–water partition coefficient (Wildman–Crippen LogP) is 3.01. The molecule has 0 spiro atoms. The summed E-state index contributed by atoms with van der Waals surface area (Å²) in [4.78, 5) is 11.4. The number of carbonyl (C=O) groups is 1. The molecule has 0 aliphatic heterocycles. The van der Waals surface area contributed by atoms with E-state index in [-0.39, 0.29) is 0 Å². The van der Waals surface area contributed by atoms with Crippen molar-refractivity contribution >= 4 is 5.97 Å². The fourth-order valence-electron chi connectivity index (χ4n) is 1.75. The first kappa shape index (κ1) is 11.9. The summed E-state index contributed by atoms with van der Waals surface area (Å²) in [5.41, 5.74) is 2.61.